The molecular formula is C10H11BrN4O. The number of hydrogen-bond donors (Lipinski definition) is 0. The fraction of sp³-hybridized carbons (Fsp3) is 0.300. The third-order valence-electron chi connectivity index (χ3n) is 2.36. The molecule has 16 heavy (non-hydrogen) atoms. The van der Waals surface area contributed by atoms with Crippen molar-refractivity contribution in [1.29, 1.82) is 0 Å². The van der Waals surface area contributed by atoms with Crippen LogP contribution in [0.2, 0.25) is 0 Å². The van der Waals surface area contributed by atoms with Gasteiger partial charge in [-0.2, -0.15) is 0 Å². The fourth-order valence-electron chi connectivity index (χ4n) is 1.44. The topological polar surface area (TPSA) is 52.7 Å². The Morgan fingerprint density at radius 1 is 1.50 bits per heavy atom. The van der Waals surface area contributed by atoms with Crippen LogP contribution in [0.5, 0.6) is 0 Å². The third-order valence-corrected chi connectivity index (χ3v) is 2.90. The van der Waals surface area contributed by atoms with E-state index in [0.29, 0.717) is 17.4 Å². The first-order valence-electron chi connectivity index (χ1n) is 4.84. The summed E-state index contributed by atoms with van der Waals surface area (Å²) in [6.45, 7) is 0.579. The lowest BCUT2D eigenvalue weighted by atomic mass is 10.4. The van der Waals surface area contributed by atoms with E-state index in [4.69, 9.17) is 0 Å². The molecule has 2 rings (SSSR count). The van der Waals surface area contributed by atoms with Gasteiger partial charge in [0, 0.05) is 38.6 Å². The summed E-state index contributed by atoms with van der Waals surface area (Å²) in [5.74, 6) is 0.951. The van der Waals surface area contributed by atoms with Crippen molar-refractivity contribution < 1.29 is 0 Å². The molecule has 0 saturated heterocycles. The van der Waals surface area contributed by atoms with Gasteiger partial charge in [0.2, 0.25) is 0 Å². The molecule has 0 aromatic carbocycles. The number of aryl methyl sites for hydroxylation is 3. The maximum absolute atomic E-state index is 11.7. The molecule has 0 aliphatic rings. The second-order valence-corrected chi connectivity index (χ2v) is 4.30. The lowest BCUT2D eigenvalue weighted by Crippen LogP contribution is -2.22. The van der Waals surface area contributed by atoms with Crippen LogP contribution in [0.4, 0.5) is 0 Å². The molecular weight excluding hydrogens is 272 g/mol. The minimum absolute atomic E-state index is 0.0655. The largest absolute Gasteiger partial charge is 0.338 e. The van der Waals surface area contributed by atoms with Gasteiger partial charge >= 0.3 is 0 Å². The Morgan fingerprint density at radius 3 is 3.00 bits per heavy atom. The van der Waals surface area contributed by atoms with Gasteiger partial charge in [-0.25, -0.2) is 9.97 Å². The number of hydrogen-bond acceptors (Lipinski definition) is 3. The van der Waals surface area contributed by atoms with Crippen molar-refractivity contribution in [1.82, 2.24) is 19.1 Å². The van der Waals surface area contributed by atoms with Gasteiger partial charge in [-0.05, 0) is 15.9 Å². The first-order valence-corrected chi connectivity index (χ1v) is 5.64. The van der Waals surface area contributed by atoms with Gasteiger partial charge in [0.25, 0.3) is 5.56 Å². The summed E-state index contributed by atoms with van der Waals surface area (Å²) in [4.78, 5) is 19.8. The maximum Gasteiger partial charge on any atom is 0.267 e. The van der Waals surface area contributed by atoms with E-state index in [1.165, 1.54) is 12.5 Å². The highest BCUT2D eigenvalue weighted by molar-refractivity contribution is 9.10. The van der Waals surface area contributed by atoms with E-state index in [0.717, 1.165) is 5.82 Å². The van der Waals surface area contributed by atoms with Crippen LogP contribution >= 0.6 is 15.9 Å². The summed E-state index contributed by atoms with van der Waals surface area (Å²) in [6, 6.07) is 0. The van der Waals surface area contributed by atoms with Gasteiger partial charge in [-0.3, -0.25) is 9.36 Å². The summed E-state index contributed by atoms with van der Waals surface area (Å²) in [5, 5.41) is 0. The summed E-state index contributed by atoms with van der Waals surface area (Å²) in [5.41, 5.74) is -0.0655. The van der Waals surface area contributed by atoms with E-state index in [9.17, 15) is 4.79 Å². The van der Waals surface area contributed by atoms with Crippen LogP contribution in [0.15, 0.2) is 34.2 Å². The molecule has 0 unspecified atom stereocenters. The molecule has 0 aliphatic heterocycles. The van der Waals surface area contributed by atoms with Gasteiger partial charge in [0.1, 0.15) is 10.3 Å². The predicted molar refractivity (Wildman–Crippen MR) is 63.1 cm³/mol. The molecule has 0 fully saturated rings. The van der Waals surface area contributed by atoms with Crippen molar-refractivity contribution in [2.24, 2.45) is 7.05 Å². The maximum atomic E-state index is 11.7. The molecule has 0 radical (unpaired) electrons. The second-order valence-electron chi connectivity index (χ2n) is 3.44. The first-order chi connectivity index (χ1) is 7.68. The molecule has 0 amide bonds. The minimum atomic E-state index is -0.0655. The molecule has 84 valence electrons. The van der Waals surface area contributed by atoms with Crippen LogP contribution in [0.25, 0.3) is 0 Å². The minimum Gasteiger partial charge on any atom is -0.338 e. The van der Waals surface area contributed by atoms with Crippen LogP contribution in [0.3, 0.4) is 0 Å². The molecule has 6 heteroatoms. The number of aromatic nitrogens is 4. The van der Waals surface area contributed by atoms with Gasteiger partial charge in [0.15, 0.2) is 0 Å². The molecule has 0 N–H and O–H groups in total. The highest BCUT2D eigenvalue weighted by Gasteiger charge is 2.03. The Balaban J connectivity index is 2.14. The summed E-state index contributed by atoms with van der Waals surface area (Å²) < 4.78 is 3.99. The van der Waals surface area contributed by atoms with E-state index < -0.39 is 0 Å². The Kier molecular flexibility index (Phi) is 3.19. The molecule has 0 aliphatic carbocycles. The normalized spacial score (nSPS) is 10.6. The van der Waals surface area contributed by atoms with Crippen molar-refractivity contribution >= 4 is 15.9 Å². The number of imidazole rings is 1. The Bertz CT molecular complexity index is 546. The lowest BCUT2D eigenvalue weighted by Gasteiger charge is -2.05. The zero-order valence-electron chi connectivity index (χ0n) is 8.80. The average molecular weight is 283 g/mol. The van der Waals surface area contributed by atoms with Crippen molar-refractivity contribution in [2.75, 3.05) is 0 Å². The second kappa shape index (κ2) is 4.61. The SMILES string of the molecule is Cn1ccnc1CCn1cncc(Br)c1=O. The van der Waals surface area contributed by atoms with Gasteiger partial charge < -0.3 is 4.57 Å². The van der Waals surface area contributed by atoms with E-state index in [1.807, 2.05) is 17.8 Å². The summed E-state index contributed by atoms with van der Waals surface area (Å²) in [6.07, 6.45) is 7.38. The van der Waals surface area contributed by atoms with Crippen LogP contribution in [-0.2, 0) is 20.0 Å². The quantitative estimate of drug-likeness (QED) is 0.843. The van der Waals surface area contributed by atoms with Crippen LogP contribution in [-0.4, -0.2) is 19.1 Å². The van der Waals surface area contributed by atoms with Crippen LogP contribution in [0.1, 0.15) is 5.82 Å². The van der Waals surface area contributed by atoms with Crippen molar-refractivity contribution in [3.63, 3.8) is 0 Å². The molecule has 0 saturated carbocycles. The molecule has 2 aromatic heterocycles. The Labute approximate surface area is 101 Å². The smallest absolute Gasteiger partial charge is 0.267 e. The van der Waals surface area contributed by atoms with Crippen molar-refractivity contribution in [3.8, 4) is 0 Å². The molecule has 0 spiro atoms. The van der Waals surface area contributed by atoms with Crippen LogP contribution in [0, 0.1) is 0 Å². The lowest BCUT2D eigenvalue weighted by molar-refractivity contribution is 0.619. The van der Waals surface area contributed by atoms with Crippen LogP contribution < -0.4 is 5.56 Å². The Hall–Kier alpha value is -1.43. The van der Waals surface area contributed by atoms with Crippen molar-refractivity contribution in [3.05, 3.63) is 45.6 Å². The van der Waals surface area contributed by atoms with Gasteiger partial charge in [0.05, 0.1) is 6.33 Å². The first kappa shape index (κ1) is 11.1. The van der Waals surface area contributed by atoms with Gasteiger partial charge in [-0.1, -0.05) is 0 Å². The summed E-state index contributed by atoms with van der Waals surface area (Å²) in [7, 11) is 1.93. The van der Waals surface area contributed by atoms with Gasteiger partial charge in [-0.15, -0.1) is 0 Å². The summed E-state index contributed by atoms with van der Waals surface area (Å²) >= 11 is 3.16. The molecule has 2 heterocycles. The molecule has 2 aromatic rings. The standard InChI is InChI=1S/C10H11BrN4O/c1-14-5-3-13-9(14)2-4-15-7-12-6-8(11)10(15)16/h3,5-7H,2,4H2,1H3. The molecule has 5 nitrogen and oxygen atoms in total. The van der Waals surface area contributed by atoms with E-state index in [2.05, 4.69) is 25.9 Å². The predicted octanol–water partition coefficient (Wildman–Crippen LogP) is 0.982. The monoisotopic (exact) mass is 282 g/mol. The Morgan fingerprint density at radius 2 is 2.31 bits per heavy atom. The highest BCUT2D eigenvalue weighted by Crippen LogP contribution is 2.00. The number of rotatable bonds is 3. The number of nitrogens with zero attached hydrogens (tertiary/aromatic N) is 4. The zero-order chi connectivity index (χ0) is 11.5. The van der Waals surface area contributed by atoms with E-state index in [1.54, 1.807) is 10.8 Å². The molecule has 0 atom stereocenters. The highest BCUT2D eigenvalue weighted by atomic mass is 79.9. The average Bonchev–Trinajstić information content (AvgIpc) is 2.67. The third kappa shape index (κ3) is 2.21. The van der Waals surface area contributed by atoms with E-state index >= 15 is 0 Å². The zero-order valence-corrected chi connectivity index (χ0v) is 10.4. The fourth-order valence-corrected chi connectivity index (χ4v) is 1.79. The molecule has 0 bridgehead atoms. The van der Waals surface area contributed by atoms with E-state index in [-0.39, 0.29) is 5.56 Å². The van der Waals surface area contributed by atoms with Crippen molar-refractivity contribution in [2.45, 2.75) is 13.0 Å². The number of halogens is 1.